The molecule has 1 aliphatic carbocycles. The number of rotatable bonds is 5. The quantitative estimate of drug-likeness (QED) is 0.355. The second-order valence-corrected chi connectivity index (χ2v) is 9.27. The zero-order valence-electron chi connectivity index (χ0n) is 16.7. The molecule has 8 nitrogen and oxygen atoms in total. The number of fused-ring (bicyclic) bond motifs is 3. The molecular weight excluding hydrogens is 424 g/mol. The molecule has 3 heterocycles. The molecule has 0 spiro atoms. The summed E-state index contributed by atoms with van der Waals surface area (Å²) in [5.74, 6) is -0.213. The van der Waals surface area contributed by atoms with Crippen molar-refractivity contribution in [1.82, 2.24) is 20.4 Å². The Morgan fingerprint density at radius 1 is 1.40 bits per heavy atom. The number of aryl methyl sites for hydroxylation is 1. The summed E-state index contributed by atoms with van der Waals surface area (Å²) >= 11 is 2.77. The largest absolute Gasteiger partial charge is 0.459 e. The molecule has 10 heteroatoms. The predicted octanol–water partition coefficient (Wildman–Crippen LogP) is 2.75. The fourth-order valence-electron chi connectivity index (χ4n) is 3.56. The van der Waals surface area contributed by atoms with Crippen LogP contribution in [0, 0.1) is 5.92 Å². The van der Waals surface area contributed by atoms with Gasteiger partial charge >= 0.3 is 5.91 Å². The molecule has 1 unspecified atom stereocenters. The van der Waals surface area contributed by atoms with Gasteiger partial charge in [-0.2, -0.15) is 0 Å². The van der Waals surface area contributed by atoms with Crippen LogP contribution in [-0.2, 0) is 24.2 Å². The SMILES string of the molecule is CCn1c(SCC(=O)NNC(=O)c2ccco2)nc2sc3c(c2c1=O)CCC(C)C3. The standard InChI is InChI=1S/C20H22N4O4S2/c1-3-24-19(27)16-12-7-6-11(2)9-14(12)30-18(16)21-20(24)29-10-15(25)22-23-17(26)13-5-4-8-28-13/h4-5,8,11H,3,6-7,9-10H2,1-2H3,(H,22,25)(H,23,26). The number of aromatic nitrogens is 2. The Hall–Kier alpha value is -2.59. The van der Waals surface area contributed by atoms with E-state index in [-0.39, 0.29) is 17.1 Å². The van der Waals surface area contributed by atoms with Crippen molar-refractivity contribution in [3.63, 3.8) is 0 Å². The molecule has 3 aromatic heterocycles. The molecule has 0 saturated carbocycles. The van der Waals surface area contributed by atoms with Crippen LogP contribution in [0.5, 0.6) is 0 Å². The molecule has 4 rings (SSSR count). The lowest BCUT2D eigenvalue weighted by Crippen LogP contribution is -2.42. The maximum absolute atomic E-state index is 13.1. The van der Waals surface area contributed by atoms with Crippen molar-refractivity contribution in [2.45, 2.75) is 44.8 Å². The summed E-state index contributed by atoms with van der Waals surface area (Å²) in [7, 11) is 0. The van der Waals surface area contributed by atoms with Crippen LogP contribution in [-0.4, -0.2) is 27.1 Å². The normalized spacial score (nSPS) is 15.7. The number of hydrogen-bond donors (Lipinski definition) is 2. The second kappa shape index (κ2) is 8.65. The molecule has 0 aromatic carbocycles. The van der Waals surface area contributed by atoms with Gasteiger partial charge in [0.15, 0.2) is 10.9 Å². The lowest BCUT2D eigenvalue weighted by Gasteiger charge is -2.17. The van der Waals surface area contributed by atoms with Gasteiger partial charge < -0.3 is 4.42 Å². The van der Waals surface area contributed by atoms with Crippen molar-refractivity contribution in [3.8, 4) is 0 Å². The van der Waals surface area contributed by atoms with Crippen LogP contribution in [0.25, 0.3) is 10.2 Å². The first-order valence-corrected chi connectivity index (χ1v) is 11.6. The van der Waals surface area contributed by atoms with Gasteiger partial charge in [0.2, 0.25) is 5.91 Å². The van der Waals surface area contributed by atoms with Crippen molar-refractivity contribution in [2.24, 2.45) is 5.92 Å². The van der Waals surface area contributed by atoms with Crippen LogP contribution in [0.3, 0.4) is 0 Å². The second-order valence-electron chi connectivity index (χ2n) is 7.24. The molecule has 30 heavy (non-hydrogen) atoms. The van der Waals surface area contributed by atoms with Gasteiger partial charge in [-0.25, -0.2) is 4.98 Å². The van der Waals surface area contributed by atoms with Gasteiger partial charge in [0.25, 0.3) is 5.56 Å². The Kier molecular flexibility index (Phi) is 5.96. The Labute approximate surface area is 181 Å². The van der Waals surface area contributed by atoms with Gasteiger partial charge in [-0.15, -0.1) is 11.3 Å². The van der Waals surface area contributed by atoms with Gasteiger partial charge in [-0.3, -0.25) is 29.8 Å². The number of thioether (sulfide) groups is 1. The first-order chi connectivity index (χ1) is 14.5. The number of hydrogen-bond acceptors (Lipinski definition) is 7. The Balaban J connectivity index is 1.49. The third-order valence-electron chi connectivity index (χ3n) is 5.09. The van der Waals surface area contributed by atoms with E-state index >= 15 is 0 Å². The zero-order chi connectivity index (χ0) is 21.3. The molecule has 2 N–H and O–H groups in total. The molecule has 0 radical (unpaired) electrons. The van der Waals surface area contributed by atoms with Crippen molar-refractivity contribution >= 4 is 45.1 Å². The first-order valence-electron chi connectivity index (χ1n) is 9.78. The van der Waals surface area contributed by atoms with Crippen LogP contribution in [0.4, 0.5) is 0 Å². The van der Waals surface area contributed by atoms with E-state index in [1.54, 1.807) is 22.0 Å². The predicted molar refractivity (Wildman–Crippen MR) is 116 cm³/mol. The monoisotopic (exact) mass is 446 g/mol. The molecule has 0 bridgehead atoms. The number of thiophene rings is 1. The average molecular weight is 447 g/mol. The van der Waals surface area contributed by atoms with Crippen molar-refractivity contribution in [2.75, 3.05) is 5.75 Å². The maximum atomic E-state index is 13.1. The van der Waals surface area contributed by atoms with Crippen LogP contribution >= 0.6 is 23.1 Å². The number of nitrogens with zero attached hydrogens (tertiary/aromatic N) is 2. The molecule has 0 saturated heterocycles. The number of amides is 2. The van der Waals surface area contributed by atoms with E-state index in [9.17, 15) is 14.4 Å². The van der Waals surface area contributed by atoms with Gasteiger partial charge in [0.05, 0.1) is 17.4 Å². The Morgan fingerprint density at radius 2 is 2.23 bits per heavy atom. The fourth-order valence-corrected chi connectivity index (χ4v) is 5.84. The zero-order valence-corrected chi connectivity index (χ0v) is 18.3. The van der Waals surface area contributed by atoms with E-state index in [0.29, 0.717) is 17.6 Å². The fraction of sp³-hybridized carbons (Fsp3) is 0.400. The minimum absolute atomic E-state index is 0.0124. The summed E-state index contributed by atoms with van der Waals surface area (Å²) in [6.45, 7) is 4.60. The first kappa shape index (κ1) is 20.7. The van der Waals surface area contributed by atoms with E-state index < -0.39 is 11.8 Å². The van der Waals surface area contributed by atoms with Crippen LogP contribution < -0.4 is 16.4 Å². The van der Waals surface area contributed by atoms with Gasteiger partial charge in [0, 0.05) is 11.4 Å². The molecule has 3 aromatic rings. The number of hydrazine groups is 1. The van der Waals surface area contributed by atoms with Crippen LogP contribution in [0.1, 0.15) is 41.3 Å². The van der Waals surface area contributed by atoms with Crippen molar-refractivity contribution in [3.05, 3.63) is 45.0 Å². The van der Waals surface area contributed by atoms with Crippen molar-refractivity contribution in [1.29, 1.82) is 0 Å². The molecule has 1 aliphatic rings. The number of carbonyl (C=O) groups is 2. The summed E-state index contributed by atoms with van der Waals surface area (Å²) in [6.07, 6.45) is 4.37. The third-order valence-corrected chi connectivity index (χ3v) is 7.21. The van der Waals surface area contributed by atoms with Gasteiger partial charge in [-0.1, -0.05) is 18.7 Å². The van der Waals surface area contributed by atoms with Gasteiger partial charge in [-0.05, 0) is 49.8 Å². The highest BCUT2D eigenvalue weighted by Crippen LogP contribution is 2.36. The molecule has 1 atom stereocenters. The summed E-state index contributed by atoms with van der Waals surface area (Å²) in [6, 6.07) is 3.08. The number of furan rings is 1. The summed E-state index contributed by atoms with van der Waals surface area (Å²) in [4.78, 5) is 43.8. The summed E-state index contributed by atoms with van der Waals surface area (Å²) in [5.41, 5.74) is 5.76. The smallest absolute Gasteiger partial charge is 0.305 e. The molecule has 158 valence electrons. The molecular formula is C20H22N4O4S2. The molecule has 0 aliphatic heterocycles. The van der Waals surface area contributed by atoms with Crippen molar-refractivity contribution < 1.29 is 14.0 Å². The van der Waals surface area contributed by atoms with E-state index in [1.165, 1.54) is 29.0 Å². The molecule has 2 amide bonds. The highest BCUT2D eigenvalue weighted by atomic mass is 32.2. The topological polar surface area (TPSA) is 106 Å². The minimum Gasteiger partial charge on any atom is -0.459 e. The third kappa shape index (κ3) is 4.01. The lowest BCUT2D eigenvalue weighted by molar-refractivity contribution is -0.119. The molecule has 0 fully saturated rings. The number of nitrogens with one attached hydrogen (secondary N) is 2. The Morgan fingerprint density at radius 3 is 2.97 bits per heavy atom. The van der Waals surface area contributed by atoms with E-state index in [1.807, 2.05) is 6.92 Å². The summed E-state index contributed by atoms with van der Waals surface area (Å²) in [5, 5.41) is 1.25. The van der Waals surface area contributed by atoms with Crippen LogP contribution in [0.2, 0.25) is 0 Å². The van der Waals surface area contributed by atoms with E-state index in [0.717, 1.165) is 35.0 Å². The highest BCUT2D eigenvalue weighted by Gasteiger charge is 2.24. The average Bonchev–Trinajstić information content (AvgIpc) is 3.38. The minimum atomic E-state index is -0.540. The van der Waals surface area contributed by atoms with E-state index in [2.05, 4.69) is 17.8 Å². The van der Waals surface area contributed by atoms with E-state index in [4.69, 9.17) is 9.40 Å². The lowest BCUT2D eigenvalue weighted by atomic mass is 9.89. The maximum Gasteiger partial charge on any atom is 0.305 e. The summed E-state index contributed by atoms with van der Waals surface area (Å²) < 4.78 is 6.58. The number of carbonyl (C=O) groups excluding carboxylic acids is 2. The van der Waals surface area contributed by atoms with Crippen LogP contribution in [0.15, 0.2) is 32.8 Å². The highest BCUT2D eigenvalue weighted by molar-refractivity contribution is 7.99. The Bertz CT molecular complexity index is 1150. The van der Waals surface area contributed by atoms with Gasteiger partial charge in [0.1, 0.15) is 4.83 Å².